The lowest BCUT2D eigenvalue weighted by Gasteiger charge is -2.17. The topological polar surface area (TPSA) is 88.4 Å². The lowest BCUT2D eigenvalue weighted by atomic mass is 10.0. The van der Waals surface area contributed by atoms with E-state index in [1.807, 2.05) is 6.07 Å². The lowest BCUT2D eigenvalue weighted by molar-refractivity contribution is -0.145. The van der Waals surface area contributed by atoms with Crippen molar-refractivity contribution in [3.05, 3.63) is 35.4 Å². The summed E-state index contributed by atoms with van der Waals surface area (Å²) in [6.07, 6.45) is 0.186. The standard InChI is InChI=1S/C14H16N2O4/c1-19-9-13(17)16-12(14(18)20-2)7-10-5-3-4-6-11(10)8-15/h3-6,12H,7,9H2,1-2H3,(H,16,17)/t12-/m1/s1. The van der Waals surface area contributed by atoms with Gasteiger partial charge in [0.15, 0.2) is 0 Å². The monoisotopic (exact) mass is 276 g/mol. The van der Waals surface area contributed by atoms with Crippen molar-refractivity contribution in [1.82, 2.24) is 5.32 Å². The van der Waals surface area contributed by atoms with Crippen LogP contribution in [0.1, 0.15) is 11.1 Å². The summed E-state index contributed by atoms with van der Waals surface area (Å²) in [6, 6.07) is 8.08. The fourth-order valence-electron chi connectivity index (χ4n) is 1.73. The minimum atomic E-state index is -0.850. The van der Waals surface area contributed by atoms with E-state index < -0.39 is 17.9 Å². The van der Waals surface area contributed by atoms with Gasteiger partial charge in [0.1, 0.15) is 12.6 Å². The summed E-state index contributed by atoms with van der Waals surface area (Å²) in [4.78, 5) is 23.2. The smallest absolute Gasteiger partial charge is 0.328 e. The lowest BCUT2D eigenvalue weighted by Crippen LogP contribution is -2.44. The largest absolute Gasteiger partial charge is 0.467 e. The van der Waals surface area contributed by atoms with Gasteiger partial charge < -0.3 is 14.8 Å². The molecule has 0 saturated heterocycles. The van der Waals surface area contributed by atoms with Crippen molar-refractivity contribution in [2.45, 2.75) is 12.5 Å². The maximum atomic E-state index is 11.7. The van der Waals surface area contributed by atoms with Crippen LogP contribution in [0.4, 0.5) is 0 Å². The van der Waals surface area contributed by atoms with Gasteiger partial charge in [-0.15, -0.1) is 0 Å². The molecule has 1 amide bonds. The number of methoxy groups -OCH3 is 2. The van der Waals surface area contributed by atoms with Crippen LogP contribution in [0.25, 0.3) is 0 Å². The van der Waals surface area contributed by atoms with Crippen LogP contribution in [-0.4, -0.2) is 38.7 Å². The highest BCUT2D eigenvalue weighted by Crippen LogP contribution is 2.11. The zero-order valence-electron chi connectivity index (χ0n) is 11.4. The average molecular weight is 276 g/mol. The molecule has 1 N–H and O–H groups in total. The number of amides is 1. The predicted molar refractivity (Wildman–Crippen MR) is 70.7 cm³/mol. The Morgan fingerprint density at radius 1 is 1.35 bits per heavy atom. The third kappa shape index (κ3) is 4.37. The molecule has 0 radical (unpaired) electrons. The van der Waals surface area contributed by atoms with E-state index in [0.717, 1.165) is 0 Å². The van der Waals surface area contributed by atoms with Crippen LogP contribution in [0, 0.1) is 11.3 Å². The van der Waals surface area contributed by atoms with Gasteiger partial charge in [0.25, 0.3) is 0 Å². The van der Waals surface area contributed by atoms with E-state index in [4.69, 9.17) is 10.00 Å². The Morgan fingerprint density at radius 3 is 2.65 bits per heavy atom. The summed E-state index contributed by atoms with van der Waals surface area (Å²) in [7, 11) is 2.63. The van der Waals surface area contributed by atoms with Gasteiger partial charge in [-0.05, 0) is 11.6 Å². The van der Waals surface area contributed by atoms with Crippen LogP contribution in [0.3, 0.4) is 0 Å². The molecule has 0 aliphatic carbocycles. The Labute approximate surface area is 117 Å². The molecule has 0 aliphatic rings. The fraction of sp³-hybridized carbons (Fsp3) is 0.357. The van der Waals surface area contributed by atoms with Gasteiger partial charge in [0, 0.05) is 13.5 Å². The quantitative estimate of drug-likeness (QED) is 0.760. The third-order valence-electron chi connectivity index (χ3n) is 2.66. The molecule has 6 heteroatoms. The molecule has 0 aliphatic heterocycles. The van der Waals surface area contributed by atoms with Gasteiger partial charge in [-0.25, -0.2) is 4.79 Å². The van der Waals surface area contributed by atoms with E-state index >= 15 is 0 Å². The minimum Gasteiger partial charge on any atom is -0.467 e. The third-order valence-corrected chi connectivity index (χ3v) is 2.66. The molecule has 0 aromatic heterocycles. The first kappa shape index (κ1) is 15.7. The molecule has 0 fully saturated rings. The number of carbonyl (C=O) groups is 2. The first-order valence-electron chi connectivity index (χ1n) is 5.96. The molecule has 1 atom stereocenters. The number of ether oxygens (including phenoxy) is 2. The summed E-state index contributed by atoms with van der Waals surface area (Å²) in [5, 5.41) is 11.5. The van der Waals surface area contributed by atoms with Crippen molar-refractivity contribution in [2.24, 2.45) is 0 Å². The molecule has 1 aromatic rings. The number of carbonyl (C=O) groups excluding carboxylic acids is 2. The van der Waals surface area contributed by atoms with Crippen LogP contribution in [0.15, 0.2) is 24.3 Å². The maximum absolute atomic E-state index is 11.7. The van der Waals surface area contributed by atoms with Crippen molar-refractivity contribution in [1.29, 1.82) is 5.26 Å². The summed E-state index contributed by atoms with van der Waals surface area (Å²) < 4.78 is 9.36. The highest BCUT2D eigenvalue weighted by molar-refractivity contribution is 5.85. The second kappa shape index (κ2) is 7.92. The van der Waals surface area contributed by atoms with E-state index in [2.05, 4.69) is 10.1 Å². The molecule has 0 saturated carbocycles. The summed E-state index contributed by atoms with van der Waals surface area (Å²) in [5.41, 5.74) is 1.13. The number of esters is 1. The fourth-order valence-corrected chi connectivity index (χ4v) is 1.73. The molecular weight excluding hydrogens is 260 g/mol. The van der Waals surface area contributed by atoms with Crippen molar-refractivity contribution >= 4 is 11.9 Å². The van der Waals surface area contributed by atoms with E-state index in [0.29, 0.717) is 11.1 Å². The van der Waals surface area contributed by atoms with E-state index in [-0.39, 0.29) is 13.0 Å². The van der Waals surface area contributed by atoms with E-state index in [1.54, 1.807) is 24.3 Å². The first-order valence-corrected chi connectivity index (χ1v) is 5.96. The van der Waals surface area contributed by atoms with Crippen LogP contribution in [0.2, 0.25) is 0 Å². The number of rotatable bonds is 6. The van der Waals surface area contributed by atoms with Crippen LogP contribution in [0.5, 0.6) is 0 Å². The number of hydrogen-bond donors (Lipinski definition) is 1. The second-order valence-electron chi connectivity index (χ2n) is 4.05. The van der Waals surface area contributed by atoms with Gasteiger partial charge in [0.2, 0.25) is 5.91 Å². The van der Waals surface area contributed by atoms with Crippen molar-refractivity contribution in [3.63, 3.8) is 0 Å². The molecule has 6 nitrogen and oxygen atoms in total. The molecular formula is C14H16N2O4. The van der Waals surface area contributed by atoms with Crippen molar-refractivity contribution in [2.75, 3.05) is 20.8 Å². The van der Waals surface area contributed by atoms with Gasteiger partial charge in [-0.2, -0.15) is 5.26 Å². The number of nitrogens with one attached hydrogen (secondary N) is 1. The second-order valence-corrected chi connectivity index (χ2v) is 4.05. The van der Waals surface area contributed by atoms with E-state index in [9.17, 15) is 9.59 Å². The van der Waals surface area contributed by atoms with Gasteiger partial charge in [-0.1, -0.05) is 18.2 Å². The molecule has 106 valence electrons. The van der Waals surface area contributed by atoms with E-state index in [1.165, 1.54) is 14.2 Å². The predicted octanol–water partition coefficient (Wildman–Crippen LogP) is 0.405. The van der Waals surface area contributed by atoms with Crippen molar-refractivity contribution < 1.29 is 19.1 Å². The molecule has 0 unspecified atom stereocenters. The SMILES string of the molecule is COCC(=O)N[C@H](Cc1ccccc1C#N)C(=O)OC. The Bertz CT molecular complexity index is 522. The highest BCUT2D eigenvalue weighted by Gasteiger charge is 2.22. The Balaban J connectivity index is 2.87. The highest BCUT2D eigenvalue weighted by atomic mass is 16.5. The Hall–Kier alpha value is -2.39. The molecule has 1 aromatic carbocycles. The Kier molecular flexibility index (Phi) is 6.20. The molecule has 0 spiro atoms. The van der Waals surface area contributed by atoms with Gasteiger partial charge >= 0.3 is 5.97 Å². The number of nitriles is 1. The number of benzene rings is 1. The first-order chi connectivity index (χ1) is 9.62. The van der Waals surface area contributed by atoms with Crippen LogP contribution >= 0.6 is 0 Å². The number of nitrogens with zero attached hydrogens (tertiary/aromatic N) is 1. The molecule has 0 heterocycles. The summed E-state index contributed by atoms with van der Waals surface area (Å²) >= 11 is 0. The van der Waals surface area contributed by atoms with Crippen LogP contribution < -0.4 is 5.32 Å². The zero-order valence-corrected chi connectivity index (χ0v) is 11.4. The molecule has 1 rings (SSSR count). The van der Waals surface area contributed by atoms with Crippen molar-refractivity contribution in [3.8, 4) is 6.07 Å². The van der Waals surface area contributed by atoms with Gasteiger partial charge in [-0.3, -0.25) is 4.79 Å². The maximum Gasteiger partial charge on any atom is 0.328 e. The average Bonchev–Trinajstić information content (AvgIpc) is 2.46. The minimum absolute atomic E-state index is 0.145. The van der Waals surface area contributed by atoms with Crippen LogP contribution in [-0.2, 0) is 25.5 Å². The van der Waals surface area contributed by atoms with Gasteiger partial charge in [0.05, 0.1) is 18.7 Å². The zero-order chi connectivity index (χ0) is 15.0. The summed E-state index contributed by atoms with van der Waals surface area (Å²) in [5.74, 6) is -0.987. The number of hydrogen-bond acceptors (Lipinski definition) is 5. The molecule has 0 bridgehead atoms. The normalized spacial score (nSPS) is 11.2. The summed E-state index contributed by atoms with van der Waals surface area (Å²) in [6.45, 7) is -0.145. The Morgan fingerprint density at radius 2 is 2.05 bits per heavy atom. The molecule has 20 heavy (non-hydrogen) atoms.